The van der Waals surface area contributed by atoms with Gasteiger partial charge in [-0.1, -0.05) is 19.3 Å². The highest BCUT2D eigenvalue weighted by Gasteiger charge is 2.24. The summed E-state index contributed by atoms with van der Waals surface area (Å²) in [6.45, 7) is 1.73. The number of anilines is 3. The van der Waals surface area contributed by atoms with E-state index in [1.54, 1.807) is 12.1 Å². The van der Waals surface area contributed by atoms with Crippen molar-refractivity contribution in [3.05, 3.63) is 48.0 Å². The van der Waals surface area contributed by atoms with Crippen LogP contribution in [-0.2, 0) is 10.0 Å². The van der Waals surface area contributed by atoms with Crippen LogP contribution >= 0.6 is 0 Å². The second kappa shape index (κ2) is 10.8. The lowest BCUT2D eigenvalue weighted by Crippen LogP contribution is -2.32. The molecule has 1 saturated heterocycles. The molecule has 1 amide bonds. The molecular formula is C26H36N4O3S. The van der Waals surface area contributed by atoms with Crippen molar-refractivity contribution in [1.82, 2.24) is 4.31 Å². The highest BCUT2D eigenvalue weighted by molar-refractivity contribution is 7.89. The summed E-state index contributed by atoms with van der Waals surface area (Å²) < 4.78 is 26.6. The van der Waals surface area contributed by atoms with Crippen LogP contribution in [0.1, 0.15) is 61.7 Å². The minimum Gasteiger partial charge on any atom is -0.382 e. The normalized spacial score (nSPS) is 17.6. The number of nitrogens with zero attached hydrogens (tertiary/aromatic N) is 2. The molecule has 0 radical (unpaired) electrons. The Bertz CT molecular complexity index is 1090. The number of rotatable bonds is 7. The molecule has 1 aliphatic heterocycles. The second-order valence-corrected chi connectivity index (χ2v) is 11.7. The summed E-state index contributed by atoms with van der Waals surface area (Å²) in [5.41, 5.74) is 2.90. The van der Waals surface area contributed by atoms with Crippen LogP contribution in [0.2, 0.25) is 0 Å². The van der Waals surface area contributed by atoms with Gasteiger partial charge < -0.3 is 15.5 Å². The molecule has 0 unspecified atom stereocenters. The van der Waals surface area contributed by atoms with Crippen molar-refractivity contribution in [2.75, 3.05) is 42.7 Å². The molecule has 2 aromatic carbocycles. The van der Waals surface area contributed by atoms with Crippen molar-refractivity contribution < 1.29 is 13.2 Å². The van der Waals surface area contributed by atoms with Gasteiger partial charge in [0, 0.05) is 50.3 Å². The molecule has 184 valence electrons. The first-order valence-electron chi connectivity index (χ1n) is 12.3. The van der Waals surface area contributed by atoms with Gasteiger partial charge >= 0.3 is 0 Å². The van der Waals surface area contributed by atoms with Crippen LogP contribution in [0.25, 0.3) is 0 Å². The number of amides is 1. The van der Waals surface area contributed by atoms with Crippen LogP contribution in [0.3, 0.4) is 0 Å². The van der Waals surface area contributed by atoms with Gasteiger partial charge in [-0.05, 0) is 74.6 Å². The van der Waals surface area contributed by atoms with Gasteiger partial charge in [0.25, 0.3) is 5.91 Å². The van der Waals surface area contributed by atoms with E-state index in [4.69, 9.17) is 0 Å². The van der Waals surface area contributed by atoms with Crippen LogP contribution in [0.5, 0.6) is 0 Å². The monoisotopic (exact) mass is 484 g/mol. The van der Waals surface area contributed by atoms with E-state index in [2.05, 4.69) is 15.5 Å². The standard InChI is InChI=1S/C26H36N4O3S/c1-29(2)34(32,33)23-15-16-25(30-17-7-4-8-18-30)24(19-23)26(31)28-22-13-11-21(12-14-22)27-20-9-5-3-6-10-20/h11-16,19-20,27H,3-10,17-18H2,1-2H3,(H,28,31). The van der Waals surface area contributed by atoms with Gasteiger partial charge in [0.2, 0.25) is 10.0 Å². The Morgan fingerprint density at radius 2 is 1.50 bits per heavy atom. The molecule has 2 N–H and O–H groups in total. The molecule has 4 rings (SSSR count). The Morgan fingerprint density at radius 3 is 2.15 bits per heavy atom. The van der Waals surface area contributed by atoms with Crippen molar-refractivity contribution in [2.24, 2.45) is 0 Å². The molecular weight excluding hydrogens is 448 g/mol. The van der Waals surface area contributed by atoms with Crippen molar-refractivity contribution in [3.8, 4) is 0 Å². The summed E-state index contributed by atoms with van der Waals surface area (Å²) in [5.74, 6) is -0.302. The zero-order valence-electron chi connectivity index (χ0n) is 20.2. The molecule has 1 saturated carbocycles. The molecule has 2 fully saturated rings. The number of carbonyl (C=O) groups is 1. The van der Waals surface area contributed by atoms with Gasteiger partial charge in [-0.2, -0.15) is 0 Å². The second-order valence-electron chi connectivity index (χ2n) is 9.52. The molecule has 0 aromatic heterocycles. The molecule has 8 heteroatoms. The van der Waals surface area contributed by atoms with E-state index >= 15 is 0 Å². The molecule has 1 aliphatic carbocycles. The highest BCUT2D eigenvalue weighted by Crippen LogP contribution is 2.29. The quantitative estimate of drug-likeness (QED) is 0.583. The summed E-state index contributed by atoms with van der Waals surface area (Å²) in [7, 11) is -0.653. The number of hydrogen-bond acceptors (Lipinski definition) is 5. The first kappa shape index (κ1) is 24.5. The summed E-state index contributed by atoms with van der Waals surface area (Å²) in [4.78, 5) is 15.7. The average Bonchev–Trinajstić information content (AvgIpc) is 2.86. The number of nitrogens with one attached hydrogen (secondary N) is 2. The molecule has 34 heavy (non-hydrogen) atoms. The number of benzene rings is 2. The van der Waals surface area contributed by atoms with Gasteiger partial charge in [-0.15, -0.1) is 0 Å². The van der Waals surface area contributed by atoms with E-state index in [9.17, 15) is 13.2 Å². The van der Waals surface area contributed by atoms with Crippen LogP contribution in [-0.4, -0.2) is 51.9 Å². The van der Waals surface area contributed by atoms with Gasteiger partial charge in [-0.3, -0.25) is 4.79 Å². The maximum absolute atomic E-state index is 13.4. The molecule has 2 aromatic rings. The van der Waals surface area contributed by atoms with E-state index < -0.39 is 10.0 Å². The summed E-state index contributed by atoms with van der Waals surface area (Å²) in [5, 5.41) is 6.56. The van der Waals surface area contributed by atoms with Crippen LogP contribution < -0.4 is 15.5 Å². The van der Waals surface area contributed by atoms with Crippen LogP contribution in [0.4, 0.5) is 17.1 Å². The maximum Gasteiger partial charge on any atom is 0.257 e. The smallest absolute Gasteiger partial charge is 0.257 e. The first-order valence-corrected chi connectivity index (χ1v) is 13.8. The van der Waals surface area contributed by atoms with Crippen molar-refractivity contribution in [2.45, 2.75) is 62.3 Å². The molecule has 0 bridgehead atoms. The van der Waals surface area contributed by atoms with Gasteiger partial charge in [-0.25, -0.2) is 12.7 Å². The van der Waals surface area contributed by atoms with Crippen molar-refractivity contribution >= 4 is 33.0 Å². The number of hydrogen-bond donors (Lipinski definition) is 2. The van der Waals surface area contributed by atoms with E-state index in [1.807, 2.05) is 24.3 Å². The van der Waals surface area contributed by atoms with E-state index in [0.717, 1.165) is 37.3 Å². The van der Waals surface area contributed by atoms with Crippen molar-refractivity contribution in [1.29, 1.82) is 0 Å². The fraction of sp³-hybridized carbons (Fsp3) is 0.500. The lowest BCUT2D eigenvalue weighted by molar-refractivity contribution is 0.102. The highest BCUT2D eigenvalue weighted by atomic mass is 32.2. The topological polar surface area (TPSA) is 81.8 Å². The first-order chi connectivity index (χ1) is 16.3. The fourth-order valence-corrected chi connectivity index (χ4v) is 5.74. The summed E-state index contributed by atoms with van der Waals surface area (Å²) >= 11 is 0. The third kappa shape index (κ3) is 5.73. The number of carbonyl (C=O) groups excluding carboxylic acids is 1. The van der Waals surface area contributed by atoms with E-state index in [0.29, 0.717) is 17.3 Å². The number of sulfonamides is 1. The maximum atomic E-state index is 13.4. The Morgan fingerprint density at radius 1 is 0.882 bits per heavy atom. The lowest BCUT2D eigenvalue weighted by Gasteiger charge is -2.30. The Labute approximate surface area is 203 Å². The molecule has 2 aliphatic rings. The summed E-state index contributed by atoms with van der Waals surface area (Å²) in [6, 6.07) is 13.2. The Hall–Kier alpha value is -2.58. The van der Waals surface area contributed by atoms with Crippen LogP contribution in [0.15, 0.2) is 47.4 Å². The van der Waals surface area contributed by atoms with Crippen LogP contribution in [0, 0.1) is 0 Å². The zero-order valence-corrected chi connectivity index (χ0v) is 21.0. The largest absolute Gasteiger partial charge is 0.382 e. The fourth-order valence-electron chi connectivity index (χ4n) is 4.81. The Balaban J connectivity index is 1.55. The Kier molecular flexibility index (Phi) is 7.78. The minimum atomic E-state index is -3.65. The summed E-state index contributed by atoms with van der Waals surface area (Å²) in [6.07, 6.45) is 9.56. The van der Waals surface area contributed by atoms with E-state index in [1.165, 1.54) is 63.0 Å². The molecule has 7 nitrogen and oxygen atoms in total. The van der Waals surface area contributed by atoms with Gasteiger partial charge in [0.1, 0.15) is 0 Å². The molecule has 0 spiro atoms. The SMILES string of the molecule is CN(C)S(=O)(=O)c1ccc(N2CCCCC2)c(C(=O)Nc2ccc(NC3CCCCC3)cc2)c1. The average molecular weight is 485 g/mol. The predicted molar refractivity (Wildman–Crippen MR) is 138 cm³/mol. The van der Waals surface area contributed by atoms with Gasteiger partial charge in [0.15, 0.2) is 0 Å². The van der Waals surface area contributed by atoms with Gasteiger partial charge in [0.05, 0.1) is 10.5 Å². The van der Waals surface area contributed by atoms with E-state index in [-0.39, 0.29) is 10.8 Å². The molecule has 0 atom stereocenters. The predicted octanol–water partition coefficient (Wildman–Crippen LogP) is 4.92. The third-order valence-electron chi connectivity index (χ3n) is 6.81. The van der Waals surface area contributed by atoms with Crippen molar-refractivity contribution in [3.63, 3.8) is 0 Å². The number of piperidine rings is 1. The zero-order chi connectivity index (χ0) is 24.1. The lowest BCUT2D eigenvalue weighted by atomic mass is 9.95. The third-order valence-corrected chi connectivity index (χ3v) is 8.62. The minimum absolute atomic E-state index is 0.121. The molecule has 1 heterocycles.